The van der Waals surface area contributed by atoms with Crippen LogP contribution >= 0.6 is 0 Å². The van der Waals surface area contributed by atoms with E-state index < -0.39 is 30.2 Å². The van der Waals surface area contributed by atoms with Crippen molar-refractivity contribution >= 4 is 80.0 Å². The van der Waals surface area contributed by atoms with Gasteiger partial charge in [-0.3, -0.25) is 34.2 Å². The quantitative estimate of drug-likeness (QED) is 0.0337. The minimum Gasteiger partial charge on any atom is -0.480 e. The van der Waals surface area contributed by atoms with E-state index in [2.05, 4.69) is 218 Å². The Morgan fingerprint density at radius 1 is 0.426 bits per heavy atom. The van der Waals surface area contributed by atoms with Gasteiger partial charge >= 0.3 is 18.2 Å². The first kappa shape index (κ1) is 90.1. The third-order valence-corrected chi connectivity index (χ3v) is 27.6. The van der Waals surface area contributed by atoms with Gasteiger partial charge in [0, 0.05) is 99.8 Å². The summed E-state index contributed by atoms with van der Waals surface area (Å²) in [5, 5.41) is 18.8. The Balaban J connectivity index is 0.000000166. The molecule has 7 atom stereocenters. The zero-order valence-corrected chi connectivity index (χ0v) is 75.0. The van der Waals surface area contributed by atoms with E-state index in [9.17, 15) is 28.8 Å². The van der Waals surface area contributed by atoms with E-state index in [-0.39, 0.29) is 59.8 Å². The number of aromatic nitrogens is 4. The lowest BCUT2D eigenvalue weighted by Crippen LogP contribution is -2.53. The molecule has 129 heavy (non-hydrogen) atoms. The van der Waals surface area contributed by atoms with E-state index in [0.29, 0.717) is 64.6 Å². The Bertz CT molecular complexity index is 5700. The maximum Gasteiger partial charge on any atom is 0.407 e. The fourth-order valence-corrected chi connectivity index (χ4v) is 20.4. The van der Waals surface area contributed by atoms with Crippen LogP contribution in [0.3, 0.4) is 0 Å². The molecule has 5 amide bonds. The molecule has 8 aliphatic rings. The second kappa shape index (κ2) is 42.4. The molecule has 8 aromatic carbocycles. The van der Waals surface area contributed by atoms with Crippen LogP contribution in [-0.2, 0) is 38.1 Å². The normalized spacial score (nSPS) is 19.4. The van der Waals surface area contributed by atoms with Gasteiger partial charge in [-0.2, -0.15) is 0 Å². The van der Waals surface area contributed by atoms with E-state index in [0.717, 1.165) is 169 Å². The van der Waals surface area contributed by atoms with E-state index in [4.69, 9.17) is 39.3 Å². The van der Waals surface area contributed by atoms with Crippen LogP contribution in [-0.4, -0.2) is 207 Å². The summed E-state index contributed by atoms with van der Waals surface area (Å²) in [6.45, 7) is 16.2. The van der Waals surface area contributed by atoms with Crippen LogP contribution in [0, 0.1) is 11.8 Å². The standard InChI is InChI=1S/C52H59N7O5.C44H47N5O.C9H15NO5/c1-4-57(5-2)48(37-11-7-6-8-12-37)51(61)58-25-9-13-45(58)43-31-42(32-53-43)35-17-15-34(16-18-35)38-19-20-40-30-41(22-21-39(40)29-38)44-33-54-49(55-44)46-14-10-26-59(46)50(60)47(56-52(62)63-3)36-23-27-64-28-24-36;1-3-48(4-2)42(32-11-6-5-7-12-32)44(50)49-24-10-15-41(49)39-27-38(28-45-39)31-18-16-30(17-19-31)34-20-21-36-26-37(23-22-35(36)25-34)40-29-46-43(47-40)33-13-8-9-14-33;1-14-9(13)10-7(8(11)12)6-2-4-15-5-3-6/h6-8,11-12,15-22,29-30,32-33,36,45-48H,4-5,9-10,13-14,23-28,31H2,1-3H3,(H,54,55)(H,56,62);5-7,11-12,16-23,25-26,28-29,33,41-42H,3-4,8-10,13-15,24,27H2,1-2H3,(H,46,47);6-7H,2-5H2,1H3,(H,10,13)(H,11,12)/t45-,46-,47-,48+;41-,42+;7-/m000/s1. The van der Waals surface area contributed by atoms with Crippen molar-refractivity contribution in [2.24, 2.45) is 21.8 Å². The van der Waals surface area contributed by atoms with Crippen LogP contribution < -0.4 is 10.6 Å². The van der Waals surface area contributed by atoms with Gasteiger partial charge in [0.2, 0.25) is 17.7 Å². The molecule has 9 heterocycles. The van der Waals surface area contributed by atoms with E-state index in [1.54, 1.807) is 0 Å². The number of hydrogen-bond donors (Lipinski definition) is 5. The monoisotopic (exact) mass is 1740 g/mol. The van der Waals surface area contributed by atoms with Gasteiger partial charge < -0.3 is 59.4 Å². The number of nitrogens with zero attached hydrogens (tertiary/aromatic N) is 9. The highest BCUT2D eigenvalue weighted by Gasteiger charge is 2.44. The number of imidazole rings is 2. The van der Waals surface area contributed by atoms with Crippen LogP contribution in [0.25, 0.3) is 77.5 Å². The molecule has 2 aromatic heterocycles. The summed E-state index contributed by atoms with van der Waals surface area (Å²) in [5.41, 5.74) is 17.9. The first-order chi connectivity index (χ1) is 63.1. The summed E-state index contributed by atoms with van der Waals surface area (Å²) >= 11 is 0. The van der Waals surface area contributed by atoms with Crippen LogP contribution in [0.2, 0.25) is 0 Å². The number of fused-ring (bicyclic) bond motifs is 2. The molecule has 7 aliphatic heterocycles. The first-order valence-electron chi connectivity index (χ1n) is 46.5. The van der Waals surface area contributed by atoms with Gasteiger partial charge in [-0.25, -0.2) is 24.4 Å². The predicted octanol–water partition coefficient (Wildman–Crippen LogP) is 19.0. The summed E-state index contributed by atoms with van der Waals surface area (Å²) in [7, 11) is 2.53. The number of carboxylic acids is 1. The number of allylic oxidation sites excluding steroid dienone is 2. The molecule has 5 N–H and O–H groups in total. The van der Waals surface area contributed by atoms with Gasteiger partial charge in [0.1, 0.15) is 35.8 Å². The number of rotatable bonds is 26. The number of benzene rings is 8. The number of amides is 5. The third kappa shape index (κ3) is 20.7. The lowest BCUT2D eigenvalue weighted by atomic mass is 9.90. The lowest BCUT2D eigenvalue weighted by molar-refractivity contribution is -0.142. The molecule has 0 unspecified atom stereocenters. The van der Waals surface area contributed by atoms with Crippen molar-refractivity contribution < 1.29 is 52.8 Å². The van der Waals surface area contributed by atoms with Crippen molar-refractivity contribution in [2.45, 2.75) is 179 Å². The van der Waals surface area contributed by atoms with Crippen molar-refractivity contribution in [3.63, 3.8) is 0 Å². The molecule has 5 saturated heterocycles. The van der Waals surface area contributed by atoms with Gasteiger partial charge in [-0.15, -0.1) is 0 Å². The van der Waals surface area contributed by atoms with E-state index in [1.165, 1.54) is 84.1 Å². The number of hydrogen-bond acceptors (Lipinski definition) is 16. The summed E-state index contributed by atoms with van der Waals surface area (Å²) in [4.78, 5) is 114. The maximum atomic E-state index is 14.3. The molecule has 6 fully saturated rings. The van der Waals surface area contributed by atoms with Gasteiger partial charge in [0.05, 0.1) is 56.1 Å². The Morgan fingerprint density at radius 3 is 1.21 bits per heavy atom. The van der Waals surface area contributed by atoms with Gasteiger partial charge in [-0.05, 0) is 217 Å². The van der Waals surface area contributed by atoms with Crippen LogP contribution in [0.5, 0.6) is 0 Å². The van der Waals surface area contributed by atoms with Crippen molar-refractivity contribution in [2.75, 3.05) is 86.5 Å². The second-order valence-electron chi connectivity index (χ2n) is 35.1. The van der Waals surface area contributed by atoms with Gasteiger partial charge in [0.25, 0.3) is 0 Å². The van der Waals surface area contributed by atoms with Crippen molar-refractivity contribution in [1.82, 2.24) is 55.1 Å². The molecule has 24 nitrogen and oxygen atoms in total. The Hall–Kier alpha value is -12.2. The Labute approximate surface area is 756 Å². The number of alkyl carbamates (subject to hydrolysis) is 2. The number of aliphatic carboxylic acids is 1. The molecule has 0 radical (unpaired) electrons. The van der Waals surface area contributed by atoms with Crippen molar-refractivity contribution in [3.8, 4) is 44.8 Å². The Morgan fingerprint density at radius 2 is 0.791 bits per heavy atom. The SMILES string of the molecule is CCN(CC)[C@@H](C(=O)N1CCC[C@H]1C1=NC=C(c2ccc(-c3ccc4cc(-c5cnc(C6CCCC6)[nH]5)ccc4c3)cc2)C1)c1ccccc1.CCN(CC)[C@@H](C(=O)N1CCC[C@H]1C1=NC=C(c2ccc(-c3ccc4cc(-c5cnc([C@@H]6CCCN6C(=O)[C@@H](NC(=O)OC)C6CCOCC6)[nH]5)ccc4c3)cc2)C1)c1ccccc1.COC(=O)N[C@H](C(=O)O)C1CCOCC1. The van der Waals surface area contributed by atoms with Crippen molar-refractivity contribution in [3.05, 3.63) is 241 Å². The molecule has 18 rings (SSSR count). The largest absolute Gasteiger partial charge is 0.480 e. The predicted molar refractivity (Wildman–Crippen MR) is 506 cm³/mol. The summed E-state index contributed by atoms with van der Waals surface area (Å²) in [5.74, 6) is 1.61. The number of carbonyl (C=O) groups is 6. The minimum absolute atomic E-state index is 0.0163. The highest BCUT2D eigenvalue weighted by atomic mass is 16.5. The number of methoxy groups -OCH3 is 2. The van der Waals surface area contributed by atoms with Crippen LogP contribution in [0.1, 0.15) is 188 Å². The fraction of sp³-hybridized carbons (Fsp3) is 0.410. The number of carbonyl (C=O) groups excluding carboxylic acids is 5. The smallest absolute Gasteiger partial charge is 0.407 e. The average Bonchev–Trinajstić information content (AvgIpc) is 1.69. The zero-order chi connectivity index (χ0) is 89.4. The number of nitrogens with one attached hydrogen (secondary N) is 4. The number of ether oxygens (including phenoxy) is 4. The van der Waals surface area contributed by atoms with E-state index in [1.807, 2.05) is 66.1 Å². The summed E-state index contributed by atoms with van der Waals surface area (Å²) in [6, 6.07) is 62.2. The van der Waals surface area contributed by atoms with E-state index >= 15 is 0 Å². The fourth-order valence-electron chi connectivity index (χ4n) is 20.4. The minimum atomic E-state index is -1.03. The number of carboxylic acid groups (broad SMARTS) is 1. The Kier molecular flexibility index (Phi) is 29.6. The number of likely N-dealkylation sites (N-methyl/N-ethyl adjacent to an activating group) is 2. The zero-order valence-electron chi connectivity index (χ0n) is 75.0. The van der Waals surface area contributed by atoms with Crippen LogP contribution in [0.4, 0.5) is 9.59 Å². The summed E-state index contributed by atoms with van der Waals surface area (Å²) in [6.07, 6.45) is 21.4. The first-order valence-corrected chi connectivity index (χ1v) is 46.5. The van der Waals surface area contributed by atoms with Crippen molar-refractivity contribution in [1.29, 1.82) is 0 Å². The molecule has 24 heteroatoms. The lowest BCUT2D eigenvalue weighted by Gasteiger charge is -2.35. The molecule has 1 aliphatic carbocycles. The van der Waals surface area contributed by atoms with Gasteiger partial charge in [-0.1, -0.05) is 198 Å². The average molecular weight is 1740 g/mol. The maximum absolute atomic E-state index is 14.3. The number of aliphatic imine (C=N–C) groups is 2. The molecular weight excluding hydrogens is 1620 g/mol. The summed E-state index contributed by atoms with van der Waals surface area (Å²) < 4.78 is 19.9. The number of likely N-dealkylation sites (tertiary alicyclic amines) is 3. The second-order valence-corrected chi connectivity index (χ2v) is 35.1. The molecule has 1 saturated carbocycles. The highest BCUT2D eigenvalue weighted by molar-refractivity contribution is 6.05. The highest BCUT2D eigenvalue weighted by Crippen LogP contribution is 2.41. The molecule has 10 aromatic rings. The number of aromatic amines is 2. The molecule has 0 bridgehead atoms. The third-order valence-electron chi connectivity index (χ3n) is 27.6. The van der Waals surface area contributed by atoms with Crippen LogP contribution in [0.15, 0.2) is 217 Å². The molecule has 672 valence electrons. The molecular formula is C105H121N13O11. The molecule has 0 spiro atoms. The number of H-pyrrole nitrogens is 2. The topological polar surface area (TPSA) is 282 Å². The van der Waals surface area contributed by atoms with Gasteiger partial charge in [0.15, 0.2) is 0 Å².